The second kappa shape index (κ2) is 7.45. The Hall–Kier alpha value is -0.980. The molecule has 2 heterocycles. The number of hydrogen-bond donors (Lipinski definition) is 2. The van der Waals surface area contributed by atoms with Crippen LogP contribution in [0.2, 0.25) is 0 Å². The molecule has 1 aliphatic heterocycles. The van der Waals surface area contributed by atoms with Crippen LogP contribution in [0.5, 0.6) is 0 Å². The van der Waals surface area contributed by atoms with Crippen molar-refractivity contribution in [1.29, 1.82) is 0 Å². The standard InChI is InChI=1S/C12H22N4O2/c17-6-3-5-16-10-11(14-15-16)8-13-9-12-4-1-2-7-18-12/h10,12-13,17H,1-9H2. The predicted molar refractivity (Wildman–Crippen MR) is 67.0 cm³/mol. The summed E-state index contributed by atoms with van der Waals surface area (Å²) in [5.74, 6) is 0. The summed E-state index contributed by atoms with van der Waals surface area (Å²) in [5.41, 5.74) is 0.934. The zero-order chi connectivity index (χ0) is 12.6. The Labute approximate surface area is 107 Å². The van der Waals surface area contributed by atoms with Crippen LogP contribution in [-0.4, -0.2) is 46.0 Å². The summed E-state index contributed by atoms with van der Waals surface area (Å²) < 4.78 is 7.41. The van der Waals surface area contributed by atoms with E-state index < -0.39 is 0 Å². The van der Waals surface area contributed by atoms with Crippen molar-refractivity contribution in [3.63, 3.8) is 0 Å². The molecule has 0 saturated carbocycles. The molecule has 2 N–H and O–H groups in total. The Kier molecular flexibility index (Phi) is 5.57. The number of aryl methyl sites for hydroxylation is 1. The molecule has 6 nitrogen and oxygen atoms in total. The lowest BCUT2D eigenvalue weighted by Gasteiger charge is -2.22. The molecule has 1 aromatic rings. The van der Waals surface area contributed by atoms with Crippen LogP contribution in [0, 0.1) is 0 Å². The molecule has 1 aliphatic rings. The minimum atomic E-state index is 0.187. The number of aliphatic hydroxyl groups excluding tert-OH is 1. The summed E-state index contributed by atoms with van der Waals surface area (Å²) in [5, 5.41) is 20.2. The van der Waals surface area contributed by atoms with Crippen LogP contribution >= 0.6 is 0 Å². The van der Waals surface area contributed by atoms with E-state index in [1.165, 1.54) is 12.8 Å². The molecule has 18 heavy (non-hydrogen) atoms. The largest absolute Gasteiger partial charge is 0.396 e. The van der Waals surface area contributed by atoms with E-state index in [1.54, 1.807) is 4.68 Å². The molecule has 0 radical (unpaired) electrons. The highest BCUT2D eigenvalue weighted by atomic mass is 16.5. The number of hydrogen-bond acceptors (Lipinski definition) is 5. The van der Waals surface area contributed by atoms with Gasteiger partial charge in [0.15, 0.2) is 0 Å². The van der Waals surface area contributed by atoms with Crippen molar-refractivity contribution in [3.05, 3.63) is 11.9 Å². The van der Waals surface area contributed by atoms with Crippen molar-refractivity contribution in [1.82, 2.24) is 20.3 Å². The van der Waals surface area contributed by atoms with Gasteiger partial charge < -0.3 is 15.2 Å². The maximum absolute atomic E-state index is 8.73. The maximum atomic E-state index is 8.73. The molecule has 1 unspecified atom stereocenters. The smallest absolute Gasteiger partial charge is 0.0964 e. The Morgan fingerprint density at radius 2 is 2.44 bits per heavy atom. The molecule has 102 valence electrons. The van der Waals surface area contributed by atoms with Gasteiger partial charge in [-0.15, -0.1) is 5.10 Å². The first-order chi connectivity index (χ1) is 8.88. The highest BCUT2D eigenvalue weighted by Crippen LogP contribution is 2.11. The summed E-state index contributed by atoms with van der Waals surface area (Å²) in [6.45, 7) is 3.40. The Bertz CT molecular complexity index is 337. The number of aromatic nitrogens is 3. The number of ether oxygens (including phenoxy) is 1. The second-order valence-electron chi connectivity index (χ2n) is 4.67. The van der Waals surface area contributed by atoms with E-state index in [9.17, 15) is 0 Å². The van der Waals surface area contributed by atoms with Crippen LogP contribution in [0.1, 0.15) is 31.4 Å². The first-order valence-corrected chi connectivity index (χ1v) is 6.70. The lowest BCUT2D eigenvalue weighted by molar-refractivity contribution is 0.0167. The van der Waals surface area contributed by atoms with Crippen LogP contribution in [-0.2, 0) is 17.8 Å². The third kappa shape index (κ3) is 4.36. The highest BCUT2D eigenvalue weighted by Gasteiger charge is 2.13. The molecule has 1 atom stereocenters. The molecule has 6 heteroatoms. The van der Waals surface area contributed by atoms with E-state index in [-0.39, 0.29) is 6.61 Å². The van der Waals surface area contributed by atoms with Crippen LogP contribution in [0.15, 0.2) is 6.20 Å². The van der Waals surface area contributed by atoms with Gasteiger partial charge in [-0.25, -0.2) is 0 Å². The van der Waals surface area contributed by atoms with Gasteiger partial charge in [-0.2, -0.15) is 0 Å². The monoisotopic (exact) mass is 254 g/mol. The average Bonchev–Trinajstić information content (AvgIpc) is 2.85. The quantitative estimate of drug-likeness (QED) is 0.733. The minimum Gasteiger partial charge on any atom is -0.396 e. The van der Waals surface area contributed by atoms with E-state index in [1.807, 2.05) is 6.20 Å². The molecule has 1 aromatic heterocycles. The Morgan fingerprint density at radius 1 is 1.50 bits per heavy atom. The van der Waals surface area contributed by atoms with Crippen molar-refractivity contribution >= 4 is 0 Å². The third-order valence-electron chi connectivity index (χ3n) is 3.08. The van der Waals surface area contributed by atoms with Gasteiger partial charge in [0, 0.05) is 39.0 Å². The van der Waals surface area contributed by atoms with Crippen molar-refractivity contribution in [2.45, 2.75) is 44.9 Å². The molecule has 1 saturated heterocycles. The molecule has 0 aliphatic carbocycles. The van der Waals surface area contributed by atoms with Crippen molar-refractivity contribution in [2.75, 3.05) is 19.8 Å². The Morgan fingerprint density at radius 3 is 3.22 bits per heavy atom. The third-order valence-corrected chi connectivity index (χ3v) is 3.08. The predicted octanol–water partition coefficient (Wildman–Crippen LogP) is 0.319. The fraction of sp³-hybridized carbons (Fsp3) is 0.833. The van der Waals surface area contributed by atoms with Gasteiger partial charge in [0.1, 0.15) is 0 Å². The van der Waals surface area contributed by atoms with Crippen LogP contribution < -0.4 is 5.32 Å². The van der Waals surface area contributed by atoms with Gasteiger partial charge in [-0.3, -0.25) is 4.68 Å². The first-order valence-electron chi connectivity index (χ1n) is 6.70. The number of nitrogens with zero attached hydrogens (tertiary/aromatic N) is 3. The summed E-state index contributed by atoms with van der Waals surface area (Å²) in [4.78, 5) is 0. The van der Waals surface area contributed by atoms with E-state index in [0.717, 1.165) is 38.4 Å². The van der Waals surface area contributed by atoms with Gasteiger partial charge in [0.25, 0.3) is 0 Å². The normalized spacial score (nSPS) is 20.2. The molecule has 0 amide bonds. The molecule has 0 bridgehead atoms. The van der Waals surface area contributed by atoms with E-state index >= 15 is 0 Å². The van der Waals surface area contributed by atoms with Gasteiger partial charge >= 0.3 is 0 Å². The van der Waals surface area contributed by atoms with Crippen LogP contribution in [0.4, 0.5) is 0 Å². The minimum absolute atomic E-state index is 0.187. The van der Waals surface area contributed by atoms with Crippen molar-refractivity contribution in [3.8, 4) is 0 Å². The second-order valence-corrected chi connectivity index (χ2v) is 4.67. The Balaban J connectivity index is 1.64. The summed E-state index contributed by atoms with van der Waals surface area (Å²) in [7, 11) is 0. The zero-order valence-corrected chi connectivity index (χ0v) is 10.7. The zero-order valence-electron chi connectivity index (χ0n) is 10.7. The molecule has 1 fully saturated rings. The van der Waals surface area contributed by atoms with Crippen LogP contribution in [0.3, 0.4) is 0 Å². The molecule has 0 spiro atoms. The van der Waals surface area contributed by atoms with E-state index in [0.29, 0.717) is 12.5 Å². The fourth-order valence-corrected chi connectivity index (χ4v) is 2.09. The fourth-order valence-electron chi connectivity index (χ4n) is 2.09. The lowest BCUT2D eigenvalue weighted by Crippen LogP contribution is -2.31. The summed E-state index contributed by atoms with van der Waals surface area (Å²) >= 11 is 0. The number of rotatable bonds is 7. The van der Waals surface area contributed by atoms with E-state index in [4.69, 9.17) is 9.84 Å². The van der Waals surface area contributed by atoms with E-state index in [2.05, 4.69) is 15.6 Å². The topological polar surface area (TPSA) is 72.2 Å². The lowest BCUT2D eigenvalue weighted by atomic mass is 10.1. The SMILES string of the molecule is OCCCn1cc(CNCC2CCCCO2)nn1. The molecule has 2 rings (SSSR count). The summed E-state index contributed by atoms with van der Waals surface area (Å²) in [6, 6.07) is 0. The van der Waals surface area contributed by atoms with Gasteiger partial charge in [0.2, 0.25) is 0 Å². The van der Waals surface area contributed by atoms with Crippen LogP contribution in [0.25, 0.3) is 0 Å². The summed E-state index contributed by atoms with van der Waals surface area (Å²) in [6.07, 6.45) is 6.59. The molecular weight excluding hydrogens is 232 g/mol. The average molecular weight is 254 g/mol. The number of nitrogens with one attached hydrogen (secondary N) is 1. The first kappa shape index (κ1) is 13.5. The van der Waals surface area contributed by atoms with Crippen molar-refractivity contribution in [2.24, 2.45) is 0 Å². The number of aliphatic hydroxyl groups is 1. The van der Waals surface area contributed by atoms with Gasteiger partial charge in [-0.05, 0) is 25.7 Å². The molecular formula is C12H22N4O2. The van der Waals surface area contributed by atoms with Gasteiger partial charge in [0.05, 0.1) is 11.8 Å². The van der Waals surface area contributed by atoms with Crippen molar-refractivity contribution < 1.29 is 9.84 Å². The van der Waals surface area contributed by atoms with Gasteiger partial charge in [-0.1, -0.05) is 5.21 Å². The highest BCUT2D eigenvalue weighted by molar-refractivity contribution is 4.91. The molecule has 0 aromatic carbocycles. The maximum Gasteiger partial charge on any atom is 0.0964 e.